The van der Waals surface area contributed by atoms with Crippen molar-refractivity contribution in [3.8, 4) is 0 Å². The lowest BCUT2D eigenvalue weighted by Gasteiger charge is -2.11. The van der Waals surface area contributed by atoms with Gasteiger partial charge in [-0.1, -0.05) is 11.8 Å². The second kappa shape index (κ2) is 6.52. The molecule has 0 saturated heterocycles. The highest BCUT2D eigenvalue weighted by Gasteiger charge is 2.19. The third kappa shape index (κ3) is 3.58. The third-order valence-corrected chi connectivity index (χ3v) is 3.88. The summed E-state index contributed by atoms with van der Waals surface area (Å²) in [5.74, 6) is -1.33. The van der Waals surface area contributed by atoms with Crippen molar-refractivity contribution in [3.05, 3.63) is 40.5 Å². The van der Waals surface area contributed by atoms with Crippen LogP contribution in [0, 0.1) is 15.9 Å². The molecule has 1 amide bonds. The van der Waals surface area contributed by atoms with Crippen molar-refractivity contribution >= 4 is 29.0 Å². The molecule has 0 aliphatic rings. The molecule has 0 radical (unpaired) electrons. The van der Waals surface area contributed by atoms with Crippen molar-refractivity contribution in [3.63, 3.8) is 0 Å². The number of hydrogen-bond acceptors (Lipinski definition) is 6. The fraction of sp³-hybridized carbons (Fsp3) is 0.250. The van der Waals surface area contributed by atoms with E-state index in [1.165, 1.54) is 24.2 Å². The molecule has 8 nitrogen and oxygen atoms in total. The molecule has 10 heteroatoms. The smallest absolute Gasteiger partial charge is 0.306 e. The van der Waals surface area contributed by atoms with Crippen molar-refractivity contribution < 1.29 is 14.1 Å². The Kier molecular flexibility index (Phi) is 4.71. The Morgan fingerprint density at radius 2 is 2.27 bits per heavy atom. The third-order valence-electron chi connectivity index (χ3n) is 2.73. The van der Waals surface area contributed by atoms with E-state index in [2.05, 4.69) is 15.5 Å². The van der Waals surface area contributed by atoms with E-state index in [0.717, 1.165) is 12.1 Å². The van der Waals surface area contributed by atoms with Crippen LogP contribution in [0.4, 0.5) is 15.8 Å². The van der Waals surface area contributed by atoms with Gasteiger partial charge in [0.1, 0.15) is 6.33 Å². The number of aryl methyl sites for hydroxylation is 1. The van der Waals surface area contributed by atoms with Gasteiger partial charge in [0.15, 0.2) is 5.16 Å². The van der Waals surface area contributed by atoms with Gasteiger partial charge in [-0.25, -0.2) is 0 Å². The van der Waals surface area contributed by atoms with Crippen molar-refractivity contribution in [2.24, 2.45) is 7.05 Å². The SMILES string of the molecule is CC(Sc1nncn1C)C(=O)Nc1ccc(F)c([N+](=O)[O-])c1. The first-order valence-electron chi connectivity index (χ1n) is 6.14. The number of nitro benzene ring substituents is 1. The predicted molar refractivity (Wildman–Crippen MR) is 78.0 cm³/mol. The fourth-order valence-electron chi connectivity index (χ4n) is 1.57. The number of thioether (sulfide) groups is 1. The van der Waals surface area contributed by atoms with E-state index in [1.807, 2.05) is 0 Å². The van der Waals surface area contributed by atoms with E-state index in [-0.39, 0.29) is 11.6 Å². The summed E-state index contributed by atoms with van der Waals surface area (Å²) < 4.78 is 14.9. The quantitative estimate of drug-likeness (QED) is 0.512. The van der Waals surface area contributed by atoms with Crippen LogP contribution in [-0.4, -0.2) is 30.8 Å². The minimum Gasteiger partial charge on any atom is -0.325 e. The van der Waals surface area contributed by atoms with E-state index in [0.29, 0.717) is 5.16 Å². The number of benzene rings is 1. The number of rotatable bonds is 5. The molecule has 116 valence electrons. The van der Waals surface area contributed by atoms with E-state index in [4.69, 9.17) is 0 Å². The molecule has 0 spiro atoms. The highest BCUT2D eigenvalue weighted by molar-refractivity contribution is 8.00. The molecule has 0 saturated carbocycles. The summed E-state index contributed by atoms with van der Waals surface area (Å²) in [5, 5.41) is 20.8. The van der Waals surface area contributed by atoms with E-state index in [1.54, 1.807) is 18.5 Å². The van der Waals surface area contributed by atoms with Crippen LogP contribution in [0.3, 0.4) is 0 Å². The molecule has 1 heterocycles. The van der Waals surface area contributed by atoms with Gasteiger partial charge in [-0.05, 0) is 19.1 Å². The number of nitrogens with one attached hydrogen (secondary N) is 1. The molecule has 1 aromatic carbocycles. The summed E-state index contributed by atoms with van der Waals surface area (Å²) in [6, 6.07) is 3.18. The van der Waals surface area contributed by atoms with Crippen molar-refractivity contribution in [2.75, 3.05) is 5.32 Å². The van der Waals surface area contributed by atoms with Gasteiger partial charge in [-0.15, -0.1) is 10.2 Å². The molecule has 1 atom stereocenters. The molecule has 2 aromatic rings. The molecule has 1 aromatic heterocycles. The molecule has 1 N–H and O–H groups in total. The second-order valence-electron chi connectivity index (χ2n) is 4.40. The first-order valence-corrected chi connectivity index (χ1v) is 7.02. The first kappa shape index (κ1) is 15.9. The number of amides is 1. The van der Waals surface area contributed by atoms with Gasteiger partial charge in [0.25, 0.3) is 0 Å². The fourth-order valence-corrected chi connectivity index (χ4v) is 2.36. The average Bonchev–Trinajstić information content (AvgIpc) is 2.86. The number of halogens is 1. The van der Waals surface area contributed by atoms with Gasteiger partial charge in [0.05, 0.1) is 10.2 Å². The minimum atomic E-state index is -0.954. The van der Waals surface area contributed by atoms with Gasteiger partial charge >= 0.3 is 5.69 Å². The number of aromatic nitrogens is 3. The summed E-state index contributed by atoms with van der Waals surface area (Å²) in [6.45, 7) is 1.66. The monoisotopic (exact) mass is 325 g/mol. The van der Waals surface area contributed by atoms with Crippen molar-refractivity contribution in [1.29, 1.82) is 0 Å². The highest BCUT2D eigenvalue weighted by Crippen LogP contribution is 2.24. The van der Waals surface area contributed by atoms with E-state index < -0.39 is 21.7 Å². The van der Waals surface area contributed by atoms with Gasteiger partial charge in [0, 0.05) is 18.8 Å². The standard InChI is InChI=1S/C12H12FN5O3S/c1-7(22-12-16-14-6-17(12)2)11(19)15-8-3-4-9(13)10(5-8)18(20)21/h3-7H,1-2H3,(H,15,19). The van der Waals surface area contributed by atoms with Crippen LogP contribution in [0.5, 0.6) is 0 Å². The number of anilines is 1. The zero-order valence-electron chi connectivity index (χ0n) is 11.7. The largest absolute Gasteiger partial charge is 0.325 e. The topological polar surface area (TPSA) is 103 Å². The molecule has 0 fully saturated rings. The molecule has 0 aliphatic heterocycles. The molecule has 2 rings (SSSR count). The zero-order chi connectivity index (χ0) is 16.3. The maximum atomic E-state index is 13.2. The van der Waals surface area contributed by atoms with Crippen LogP contribution in [0.25, 0.3) is 0 Å². The highest BCUT2D eigenvalue weighted by atomic mass is 32.2. The summed E-state index contributed by atoms with van der Waals surface area (Å²) in [4.78, 5) is 21.9. The molecular weight excluding hydrogens is 313 g/mol. The summed E-state index contributed by atoms with van der Waals surface area (Å²) in [6.07, 6.45) is 1.51. The number of carbonyl (C=O) groups excluding carboxylic acids is 1. The Morgan fingerprint density at radius 3 is 2.86 bits per heavy atom. The maximum Gasteiger partial charge on any atom is 0.306 e. The van der Waals surface area contributed by atoms with Crippen LogP contribution < -0.4 is 5.32 Å². The summed E-state index contributed by atoms with van der Waals surface area (Å²) in [7, 11) is 1.75. The molecule has 1 unspecified atom stereocenters. The number of nitrogens with zero attached hydrogens (tertiary/aromatic N) is 4. The lowest BCUT2D eigenvalue weighted by molar-refractivity contribution is -0.387. The molecular formula is C12H12FN5O3S. The van der Waals surface area contributed by atoms with Gasteiger partial charge in [-0.2, -0.15) is 4.39 Å². The number of nitro groups is 1. The van der Waals surface area contributed by atoms with Gasteiger partial charge in [0.2, 0.25) is 11.7 Å². The van der Waals surface area contributed by atoms with E-state index >= 15 is 0 Å². The Labute approximate surface area is 128 Å². The zero-order valence-corrected chi connectivity index (χ0v) is 12.5. The van der Waals surface area contributed by atoms with Crippen molar-refractivity contribution in [1.82, 2.24) is 14.8 Å². The summed E-state index contributed by atoms with van der Waals surface area (Å²) >= 11 is 1.19. The van der Waals surface area contributed by atoms with Crippen LogP contribution in [0.1, 0.15) is 6.92 Å². The van der Waals surface area contributed by atoms with E-state index in [9.17, 15) is 19.3 Å². The lowest BCUT2D eigenvalue weighted by atomic mass is 10.2. The van der Waals surface area contributed by atoms with Crippen LogP contribution in [-0.2, 0) is 11.8 Å². The Morgan fingerprint density at radius 1 is 1.55 bits per heavy atom. The molecule has 22 heavy (non-hydrogen) atoms. The molecule has 0 aliphatic carbocycles. The summed E-state index contributed by atoms with van der Waals surface area (Å²) in [5.41, 5.74) is -0.532. The molecule has 0 bridgehead atoms. The van der Waals surface area contributed by atoms with Gasteiger partial charge in [-0.3, -0.25) is 14.9 Å². The van der Waals surface area contributed by atoms with Crippen LogP contribution in [0.15, 0.2) is 29.7 Å². The van der Waals surface area contributed by atoms with Gasteiger partial charge < -0.3 is 9.88 Å². The van der Waals surface area contributed by atoms with Crippen LogP contribution in [0.2, 0.25) is 0 Å². The average molecular weight is 325 g/mol. The number of hydrogen-bond donors (Lipinski definition) is 1. The Balaban J connectivity index is 2.07. The Hall–Kier alpha value is -2.49. The minimum absolute atomic E-state index is 0.156. The maximum absolute atomic E-state index is 13.2. The predicted octanol–water partition coefficient (Wildman–Crippen LogP) is 1.98. The second-order valence-corrected chi connectivity index (χ2v) is 5.71. The Bertz CT molecular complexity index is 721. The number of carbonyl (C=O) groups is 1. The normalized spacial score (nSPS) is 12.0. The van der Waals surface area contributed by atoms with Crippen LogP contribution >= 0.6 is 11.8 Å². The lowest BCUT2D eigenvalue weighted by Crippen LogP contribution is -2.22. The first-order chi connectivity index (χ1) is 10.4. The van der Waals surface area contributed by atoms with Crippen molar-refractivity contribution in [2.45, 2.75) is 17.3 Å².